The van der Waals surface area contributed by atoms with Gasteiger partial charge in [-0.05, 0) is 12.1 Å². The van der Waals surface area contributed by atoms with Gasteiger partial charge in [-0.15, -0.1) is 10.2 Å². The highest BCUT2D eigenvalue weighted by molar-refractivity contribution is 5.92. The van der Waals surface area contributed by atoms with E-state index in [9.17, 15) is 9.18 Å². The number of benzene rings is 1. The van der Waals surface area contributed by atoms with Crippen LogP contribution in [0.25, 0.3) is 5.69 Å². The summed E-state index contributed by atoms with van der Waals surface area (Å²) in [6.07, 6.45) is 2.61. The fourth-order valence-electron chi connectivity index (χ4n) is 1.26. The number of hydrogen-bond donors (Lipinski definition) is 1. The highest BCUT2D eigenvalue weighted by Gasteiger charge is 2.16. The molecule has 0 amide bonds. The van der Waals surface area contributed by atoms with Gasteiger partial charge in [0, 0.05) is 0 Å². The average molecular weight is 207 g/mol. The minimum atomic E-state index is -1.32. The maximum Gasteiger partial charge on any atom is 0.340 e. The number of aromatic carboxylic acids is 1. The molecular formula is C9H6FN3O2. The summed E-state index contributed by atoms with van der Waals surface area (Å²) in [6, 6.07) is 4.00. The van der Waals surface area contributed by atoms with Gasteiger partial charge in [-0.3, -0.25) is 4.57 Å². The van der Waals surface area contributed by atoms with E-state index in [1.165, 1.54) is 29.4 Å². The summed E-state index contributed by atoms with van der Waals surface area (Å²) >= 11 is 0. The number of halogens is 1. The van der Waals surface area contributed by atoms with Gasteiger partial charge in [-0.2, -0.15) is 0 Å². The molecule has 15 heavy (non-hydrogen) atoms. The van der Waals surface area contributed by atoms with Crippen molar-refractivity contribution in [2.24, 2.45) is 0 Å². The zero-order valence-corrected chi connectivity index (χ0v) is 7.46. The van der Waals surface area contributed by atoms with Gasteiger partial charge in [0.25, 0.3) is 0 Å². The molecule has 0 spiro atoms. The van der Waals surface area contributed by atoms with Gasteiger partial charge in [0.1, 0.15) is 24.0 Å². The van der Waals surface area contributed by atoms with Crippen molar-refractivity contribution in [2.45, 2.75) is 0 Å². The van der Waals surface area contributed by atoms with Crippen molar-refractivity contribution in [1.82, 2.24) is 14.8 Å². The van der Waals surface area contributed by atoms with Gasteiger partial charge in [0.2, 0.25) is 0 Å². The molecule has 1 heterocycles. The molecule has 0 saturated heterocycles. The first-order valence-electron chi connectivity index (χ1n) is 4.07. The first-order chi connectivity index (χ1) is 7.20. The SMILES string of the molecule is O=C(O)c1c(F)cccc1-n1cnnc1. The lowest BCUT2D eigenvalue weighted by Crippen LogP contribution is -2.07. The molecule has 0 aliphatic carbocycles. The van der Waals surface area contributed by atoms with Crippen molar-refractivity contribution >= 4 is 5.97 Å². The van der Waals surface area contributed by atoms with Crippen LogP contribution in [0.5, 0.6) is 0 Å². The molecule has 0 radical (unpaired) electrons. The summed E-state index contributed by atoms with van der Waals surface area (Å²) in [4.78, 5) is 10.8. The lowest BCUT2D eigenvalue weighted by molar-refractivity contribution is 0.0692. The van der Waals surface area contributed by atoms with Gasteiger partial charge in [-0.1, -0.05) is 6.07 Å². The minimum absolute atomic E-state index is 0.201. The Morgan fingerprint density at radius 1 is 1.33 bits per heavy atom. The van der Waals surface area contributed by atoms with Crippen LogP contribution in [-0.4, -0.2) is 25.8 Å². The predicted molar refractivity (Wildman–Crippen MR) is 48.3 cm³/mol. The van der Waals surface area contributed by atoms with Crippen molar-refractivity contribution in [3.63, 3.8) is 0 Å². The number of aromatic nitrogens is 3. The molecule has 2 aromatic rings. The van der Waals surface area contributed by atoms with E-state index in [0.29, 0.717) is 0 Å². The maximum atomic E-state index is 13.3. The van der Waals surface area contributed by atoms with Crippen molar-refractivity contribution < 1.29 is 14.3 Å². The summed E-state index contributed by atoms with van der Waals surface area (Å²) in [5.74, 6) is -2.11. The van der Waals surface area contributed by atoms with Crippen molar-refractivity contribution in [3.05, 3.63) is 42.2 Å². The summed E-state index contributed by atoms with van der Waals surface area (Å²) in [7, 11) is 0. The largest absolute Gasteiger partial charge is 0.478 e. The first kappa shape index (κ1) is 9.32. The van der Waals surface area contributed by atoms with Crippen LogP contribution in [0.3, 0.4) is 0 Å². The second kappa shape index (κ2) is 3.49. The molecule has 76 valence electrons. The van der Waals surface area contributed by atoms with Crippen molar-refractivity contribution in [2.75, 3.05) is 0 Å². The van der Waals surface area contributed by atoms with E-state index >= 15 is 0 Å². The minimum Gasteiger partial charge on any atom is -0.478 e. The van der Waals surface area contributed by atoms with Crippen molar-refractivity contribution in [3.8, 4) is 5.69 Å². The van der Waals surface area contributed by atoms with Crippen LogP contribution in [0.15, 0.2) is 30.9 Å². The molecule has 2 rings (SSSR count). The monoisotopic (exact) mass is 207 g/mol. The fourth-order valence-corrected chi connectivity index (χ4v) is 1.26. The number of nitrogens with zero attached hydrogens (tertiary/aromatic N) is 3. The third-order valence-electron chi connectivity index (χ3n) is 1.90. The summed E-state index contributed by atoms with van der Waals surface area (Å²) in [5, 5.41) is 15.9. The third kappa shape index (κ3) is 1.56. The van der Waals surface area contributed by atoms with Gasteiger partial charge in [-0.25, -0.2) is 9.18 Å². The van der Waals surface area contributed by atoms with Gasteiger partial charge < -0.3 is 5.11 Å². The Bertz CT molecular complexity index is 496. The predicted octanol–water partition coefficient (Wildman–Crippen LogP) is 1.10. The lowest BCUT2D eigenvalue weighted by atomic mass is 10.1. The quantitative estimate of drug-likeness (QED) is 0.800. The average Bonchev–Trinajstić information content (AvgIpc) is 2.69. The number of carboxylic acid groups (broad SMARTS) is 1. The number of hydrogen-bond acceptors (Lipinski definition) is 3. The van der Waals surface area contributed by atoms with E-state index in [1.807, 2.05) is 0 Å². The molecule has 1 N–H and O–H groups in total. The van der Waals surface area contributed by atoms with Crippen LogP contribution < -0.4 is 0 Å². The highest BCUT2D eigenvalue weighted by Crippen LogP contribution is 2.17. The second-order valence-corrected chi connectivity index (χ2v) is 2.81. The molecule has 5 nitrogen and oxygen atoms in total. The van der Waals surface area contributed by atoms with E-state index in [-0.39, 0.29) is 5.69 Å². The molecule has 0 saturated carbocycles. The Morgan fingerprint density at radius 2 is 2.00 bits per heavy atom. The van der Waals surface area contributed by atoms with Gasteiger partial charge in [0.15, 0.2) is 0 Å². The molecule has 1 aromatic heterocycles. The normalized spacial score (nSPS) is 10.2. The topological polar surface area (TPSA) is 68.0 Å². The Balaban J connectivity index is 2.66. The number of rotatable bonds is 2. The summed E-state index contributed by atoms with van der Waals surface area (Å²) in [5.41, 5.74) is -0.190. The first-order valence-corrected chi connectivity index (χ1v) is 4.07. The van der Waals surface area contributed by atoms with Crippen LogP contribution in [0.1, 0.15) is 10.4 Å². The standard InChI is InChI=1S/C9H6FN3O2/c10-6-2-1-3-7(8(6)9(14)15)13-4-11-12-5-13/h1-5H,(H,14,15). The van der Waals surface area contributed by atoms with Crippen molar-refractivity contribution in [1.29, 1.82) is 0 Å². The zero-order chi connectivity index (χ0) is 10.8. The molecule has 0 aliphatic rings. The number of carbonyl (C=O) groups is 1. The van der Waals surface area contributed by atoms with E-state index in [4.69, 9.17) is 5.11 Å². The molecule has 0 unspecified atom stereocenters. The van der Waals surface area contributed by atoms with Gasteiger partial charge >= 0.3 is 5.97 Å². The Labute approximate surface area is 83.8 Å². The molecule has 0 fully saturated rings. The van der Waals surface area contributed by atoms with Gasteiger partial charge in [0.05, 0.1) is 5.69 Å². The van der Waals surface area contributed by atoms with Crippen LogP contribution in [-0.2, 0) is 0 Å². The Hall–Kier alpha value is -2.24. The van der Waals surface area contributed by atoms with E-state index < -0.39 is 17.3 Å². The molecule has 1 aromatic carbocycles. The molecule has 0 atom stereocenters. The maximum absolute atomic E-state index is 13.3. The fraction of sp³-hybridized carbons (Fsp3) is 0. The van der Waals surface area contributed by atoms with Crippen LogP contribution in [0, 0.1) is 5.82 Å². The molecule has 0 bridgehead atoms. The molecule has 0 aliphatic heterocycles. The van der Waals surface area contributed by atoms with E-state index in [0.717, 1.165) is 6.07 Å². The lowest BCUT2D eigenvalue weighted by Gasteiger charge is -2.06. The molecule has 6 heteroatoms. The summed E-state index contributed by atoms with van der Waals surface area (Å²) < 4.78 is 14.6. The Morgan fingerprint density at radius 3 is 2.60 bits per heavy atom. The highest BCUT2D eigenvalue weighted by atomic mass is 19.1. The third-order valence-corrected chi connectivity index (χ3v) is 1.90. The summed E-state index contributed by atoms with van der Waals surface area (Å²) in [6.45, 7) is 0. The smallest absolute Gasteiger partial charge is 0.340 e. The van der Waals surface area contributed by atoms with Crippen LogP contribution in [0.2, 0.25) is 0 Å². The Kier molecular flexibility index (Phi) is 2.17. The second-order valence-electron chi connectivity index (χ2n) is 2.81. The van der Waals surface area contributed by atoms with Crippen LogP contribution in [0.4, 0.5) is 4.39 Å². The molecular weight excluding hydrogens is 201 g/mol. The van der Waals surface area contributed by atoms with Crippen LogP contribution >= 0.6 is 0 Å². The van der Waals surface area contributed by atoms with E-state index in [1.54, 1.807) is 0 Å². The zero-order valence-electron chi connectivity index (χ0n) is 7.46. The number of carboxylic acids is 1. The van der Waals surface area contributed by atoms with E-state index in [2.05, 4.69) is 10.2 Å².